The van der Waals surface area contributed by atoms with Crippen LogP contribution in [0.4, 0.5) is 0 Å². The predicted molar refractivity (Wildman–Crippen MR) is 219 cm³/mol. The van der Waals surface area contributed by atoms with Gasteiger partial charge in [-0.15, -0.1) is 0 Å². The average molecular weight is 660 g/mol. The normalized spacial score (nSPS) is 9.08. The van der Waals surface area contributed by atoms with Crippen molar-refractivity contribution in [3.63, 3.8) is 0 Å². The Morgan fingerprint density at radius 3 is 1.19 bits per heavy atom. The topological polar surface area (TPSA) is 38.7 Å². The van der Waals surface area contributed by atoms with E-state index < -0.39 is 0 Å². The third-order valence-corrected chi connectivity index (χ3v) is 5.59. The maximum absolute atomic E-state index is 4.22. The first-order chi connectivity index (χ1) is 23.2. The second kappa shape index (κ2) is 39.8. The van der Waals surface area contributed by atoms with Crippen LogP contribution in [0.2, 0.25) is 0 Å². The van der Waals surface area contributed by atoms with Crippen molar-refractivity contribution in [3.8, 4) is 0 Å². The molecule has 0 fully saturated rings. The van der Waals surface area contributed by atoms with Gasteiger partial charge in [0.05, 0.1) is 0 Å². The lowest BCUT2D eigenvalue weighted by molar-refractivity contribution is 0.635. The molecule has 3 nitrogen and oxygen atoms in total. The monoisotopic (exact) mass is 660 g/mol. The first-order valence-corrected chi connectivity index (χ1v) is 18.9. The van der Waals surface area contributed by atoms with E-state index in [1.54, 1.807) is 0 Å². The highest BCUT2D eigenvalue weighted by atomic mass is 14.7. The molecule has 0 unspecified atom stereocenters. The standard InChI is InChI=1S/C10H14.3C9H13N.4C2H6/c1-9(2)8-10-6-4-3-5-7-10;1-8(2)7-9-3-5-10-6-4-9;1-8(2)6-9-4-3-5-10-7-9;1-8(2)7-9-5-3-4-6-10-9;4*1-2/h3-7,9H,8H2,1-2H3;3-6,8H,7H2,1-2H3;3-5,7-8H,6H2,1-2H3;3-6,8H,7H2,1-2H3;4*1-2H3. The number of pyridine rings is 3. The van der Waals surface area contributed by atoms with Crippen LogP contribution >= 0.6 is 0 Å². The molecule has 0 aliphatic carbocycles. The first-order valence-electron chi connectivity index (χ1n) is 18.9. The lowest BCUT2D eigenvalue weighted by Gasteiger charge is -2.02. The molecule has 0 aliphatic heterocycles. The minimum Gasteiger partial charge on any atom is -0.265 e. The van der Waals surface area contributed by atoms with Crippen LogP contribution in [0.3, 0.4) is 0 Å². The molecular formula is C45H77N3. The van der Waals surface area contributed by atoms with Crippen molar-refractivity contribution in [2.45, 2.75) is 136 Å². The molecule has 272 valence electrons. The largest absolute Gasteiger partial charge is 0.265 e. The summed E-state index contributed by atoms with van der Waals surface area (Å²) in [4.78, 5) is 12.2. The Kier molecular flexibility index (Phi) is 42.8. The minimum atomic E-state index is 0.704. The molecule has 0 aliphatic rings. The van der Waals surface area contributed by atoms with Crippen LogP contribution in [0.15, 0.2) is 104 Å². The Morgan fingerprint density at radius 2 is 0.792 bits per heavy atom. The van der Waals surface area contributed by atoms with E-state index in [4.69, 9.17) is 0 Å². The van der Waals surface area contributed by atoms with Crippen molar-refractivity contribution in [2.24, 2.45) is 23.7 Å². The van der Waals surface area contributed by atoms with Crippen LogP contribution in [0.1, 0.15) is 133 Å². The van der Waals surface area contributed by atoms with Crippen LogP contribution in [0.25, 0.3) is 0 Å². The molecule has 4 aromatic rings. The fourth-order valence-corrected chi connectivity index (χ4v) is 4.00. The molecule has 0 atom stereocenters. The van der Waals surface area contributed by atoms with Gasteiger partial charge >= 0.3 is 0 Å². The fraction of sp³-hybridized carbons (Fsp3) is 0.533. The molecule has 0 saturated carbocycles. The minimum absolute atomic E-state index is 0.704. The number of nitrogens with zero attached hydrogens (tertiary/aromatic N) is 3. The summed E-state index contributed by atoms with van der Waals surface area (Å²) in [6.45, 7) is 33.8. The lowest BCUT2D eigenvalue weighted by Crippen LogP contribution is -1.95. The maximum atomic E-state index is 4.22. The molecule has 4 rings (SSSR count). The van der Waals surface area contributed by atoms with Gasteiger partial charge in [-0.05, 0) is 96.4 Å². The Labute approximate surface area is 300 Å². The van der Waals surface area contributed by atoms with Gasteiger partial charge in [0.15, 0.2) is 0 Å². The smallest absolute Gasteiger partial charge is 0.0406 e. The number of hydrogen-bond donors (Lipinski definition) is 0. The van der Waals surface area contributed by atoms with E-state index in [9.17, 15) is 0 Å². The Bertz CT molecular complexity index is 896. The quantitative estimate of drug-likeness (QED) is 0.189. The van der Waals surface area contributed by atoms with Gasteiger partial charge in [0, 0.05) is 36.7 Å². The summed E-state index contributed by atoms with van der Waals surface area (Å²) >= 11 is 0. The van der Waals surface area contributed by atoms with E-state index in [0.29, 0.717) is 5.92 Å². The van der Waals surface area contributed by atoms with Gasteiger partial charge in [-0.3, -0.25) is 15.0 Å². The highest BCUT2D eigenvalue weighted by Crippen LogP contribution is 2.07. The van der Waals surface area contributed by atoms with E-state index in [1.807, 2.05) is 105 Å². The van der Waals surface area contributed by atoms with Gasteiger partial charge in [0.2, 0.25) is 0 Å². The maximum Gasteiger partial charge on any atom is 0.0406 e. The van der Waals surface area contributed by atoms with Gasteiger partial charge in [-0.1, -0.05) is 153 Å². The van der Waals surface area contributed by atoms with Crippen LogP contribution in [0.5, 0.6) is 0 Å². The third kappa shape index (κ3) is 37.1. The molecule has 0 spiro atoms. The summed E-state index contributed by atoms with van der Waals surface area (Å²) in [5.41, 5.74) is 5.34. The first kappa shape index (κ1) is 51.5. The Balaban J connectivity index is -0.000000251. The van der Waals surface area contributed by atoms with Crippen molar-refractivity contribution < 1.29 is 0 Å². The van der Waals surface area contributed by atoms with Crippen LogP contribution in [-0.4, -0.2) is 15.0 Å². The molecule has 0 N–H and O–H groups in total. The molecule has 3 aromatic heterocycles. The molecule has 3 heterocycles. The number of aromatic nitrogens is 3. The van der Waals surface area contributed by atoms with Gasteiger partial charge in [-0.25, -0.2) is 0 Å². The summed E-state index contributed by atoms with van der Waals surface area (Å²) in [7, 11) is 0. The van der Waals surface area contributed by atoms with Crippen molar-refractivity contribution >= 4 is 0 Å². The summed E-state index contributed by atoms with van der Waals surface area (Å²) < 4.78 is 0. The highest BCUT2D eigenvalue weighted by Gasteiger charge is 1.97. The van der Waals surface area contributed by atoms with Gasteiger partial charge in [0.1, 0.15) is 0 Å². The van der Waals surface area contributed by atoms with E-state index in [-0.39, 0.29) is 0 Å². The molecular weight excluding hydrogens is 583 g/mol. The van der Waals surface area contributed by atoms with Gasteiger partial charge in [0.25, 0.3) is 0 Å². The van der Waals surface area contributed by atoms with E-state index in [0.717, 1.165) is 37.0 Å². The van der Waals surface area contributed by atoms with Gasteiger partial charge in [-0.2, -0.15) is 0 Å². The zero-order valence-electron chi connectivity index (χ0n) is 34.3. The van der Waals surface area contributed by atoms with Crippen molar-refractivity contribution in [3.05, 3.63) is 126 Å². The Hall–Kier alpha value is -3.33. The number of rotatable bonds is 8. The average Bonchev–Trinajstić information content (AvgIpc) is 3.10. The van der Waals surface area contributed by atoms with Crippen molar-refractivity contribution in [1.29, 1.82) is 0 Å². The lowest BCUT2D eigenvalue weighted by atomic mass is 10.0. The molecule has 3 heteroatoms. The number of benzene rings is 1. The summed E-state index contributed by atoms with van der Waals surface area (Å²) in [6.07, 6.45) is 13.8. The summed E-state index contributed by atoms with van der Waals surface area (Å²) in [6, 6.07) is 24.9. The van der Waals surface area contributed by atoms with Crippen molar-refractivity contribution in [2.75, 3.05) is 0 Å². The second-order valence-corrected chi connectivity index (χ2v) is 11.9. The molecule has 0 amide bonds. The van der Waals surface area contributed by atoms with Crippen LogP contribution in [0, 0.1) is 23.7 Å². The second-order valence-electron chi connectivity index (χ2n) is 11.9. The third-order valence-electron chi connectivity index (χ3n) is 5.59. The zero-order valence-corrected chi connectivity index (χ0v) is 34.3. The van der Waals surface area contributed by atoms with Gasteiger partial charge < -0.3 is 0 Å². The Morgan fingerprint density at radius 1 is 0.375 bits per heavy atom. The molecule has 0 radical (unpaired) electrons. The summed E-state index contributed by atoms with van der Waals surface area (Å²) in [5.74, 6) is 2.93. The predicted octanol–water partition coefficient (Wildman–Crippen LogP) is 13.8. The fourth-order valence-electron chi connectivity index (χ4n) is 4.00. The van der Waals surface area contributed by atoms with E-state index in [2.05, 4.69) is 125 Å². The SMILES string of the molecule is CC.CC.CC.CC.CC(C)Cc1ccccc1.CC(C)Cc1ccccn1.CC(C)Cc1cccnc1.CC(C)Cc1ccncc1. The molecule has 0 bridgehead atoms. The molecule has 1 aromatic carbocycles. The van der Waals surface area contributed by atoms with Crippen LogP contribution in [-0.2, 0) is 25.7 Å². The zero-order chi connectivity index (χ0) is 37.6. The van der Waals surface area contributed by atoms with Crippen LogP contribution < -0.4 is 0 Å². The van der Waals surface area contributed by atoms with E-state index in [1.165, 1.54) is 28.8 Å². The van der Waals surface area contributed by atoms with Crippen molar-refractivity contribution in [1.82, 2.24) is 15.0 Å². The highest BCUT2D eigenvalue weighted by molar-refractivity contribution is 5.15. The molecule has 48 heavy (non-hydrogen) atoms. The van der Waals surface area contributed by atoms with E-state index >= 15 is 0 Å². The summed E-state index contributed by atoms with van der Waals surface area (Å²) in [5, 5.41) is 0. The molecule has 0 saturated heterocycles. The number of hydrogen-bond acceptors (Lipinski definition) is 3.